The Morgan fingerprint density at radius 1 is 1.35 bits per heavy atom. The Kier molecular flexibility index (Phi) is 5.05. The fraction of sp³-hybridized carbons (Fsp3) is 0.412. The van der Waals surface area contributed by atoms with Crippen LogP contribution in [-0.4, -0.2) is 27.4 Å². The zero-order chi connectivity index (χ0) is 17.0. The Bertz CT molecular complexity index is 687. The van der Waals surface area contributed by atoms with Gasteiger partial charge in [0.2, 0.25) is 0 Å². The number of para-hydroxylation sites is 1. The summed E-state index contributed by atoms with van der Waals surface area (Å²) in [5, 5.41) is 16.5. The number of ether oxygens (including phenoxy) is 1. The van der Waals surface area contributed by atoms with E-state index in [0.717, 1.165) is 5.69 Å². The first kappa shape index (κ1) is 17.0. The minimum atomic E-state index is -0.275. The Hall–Kier alpha value is -2.34. The second-order valence-corrected chi connectivity index (χ2v) is 6.36. The van der Waals surface area contributed by atoms with Crippen molar-refractivity contribution in [1.29, 1.82) is 0 Å². The van der Waals surface area contributed by atoms with E-state index in [2.05, 4.69) is 10.4 Å². The van der Waals surface area contributed by atoms with Crippen molar-refractivity contribution in [3.63, 3.8) is 0 Å². The van der Waals surface area contributed by atoms with Crippen molar-refractivity contribution in [2.75, 3.05) is 11.9 Å². The lowest BCUT2D eigenvalue weighted by molar-refractivity contribution is -0.118. The average molecular weight is 317 g/mol. The van der Waals surface area contributed by atoms with Crippen molar-refractivity contribution in [3.8, 4) is 5.75 Å². The molecular weight excluding hydrogens is 294 g/mol. The molecule has 2 aromatic rings. The van der Waals surface area contributed by atoms with Crippen LogP contribution >= 0.6 is 0 Å². The number of hydrogen-bond donors (Lipinski definition) is 2. The summed E-state index contributed by atoms with van der Waals surface area (Å²) in [6, 6.07) is 8.91. The molecule has 0 spiro atoms. The number of anilines is 1. The maximum atomic E-state index is 12.1. The fourth-order valence-electron chi connectivity index (χ4n) is 2.20. The molecule has 0 bridgehead atoms. The maximum absolute atomic E-state index is 12.1. The number of aliphatic hydroxyl groups is 1. The molecule has 0 atom stereocenters. The molecule has 1 aromatic heterocycles. The van der Waals surface area contributed by atoms with E-state index in [9.17, 15) is 9.90 Å². The minimum Gasteiger partial charge on any atom is -0.483 e. The van der Waals surface area contributed by atoms with Crippen LogP contribution in [0.25, 0.3) is 0 Å². The number of carbonyl (C=O) groups excluding carboxylic acids is 1. The van der Waals surface area contributed by atoms with Crippen molar-refractivity contribution in [3.05, 3.63) is 41.6 Å². The molecule has 0 saturated carbocycles. The van der Waals surface area contributed by atoms with E-state index in [-0.39, 0.29) is 24.7 Å². The third-order valence-electron chi connectivity index (χ3n) is 3.24. The van der Waals surface area contributed by atoms with E-state index in [0.29, 0.717) is 17.1 Å². The first-order chi connectivity index (χ1) is 10.8. The van der Waals surface area contributed by atoms with Gasteiger partial charge in [0.15, 0.2) is 6.61 Å². The van der Waals surface area contributed by atoms with E-state index < -0.39 is 0 Å². The highest BCUT2D eigenvalue weighted by Gasteiger charge is 2.20. The van der Waals surface area contributed by atoms with Crippen LogP contribution in [0.3, 0.4) is 0 Å². The van der Waals surface area contributed by atoms with Crippen LogP contribution < -0.4 is 10.1 Å². The molecule has 6 heteroatoms. The Morgan fingerprint density at radius 2 is 2.04 bits per heavy atom. The molecule has 0 aliphatic heterocycles. The molecule has 2 rings (SSSR count). The lowest BCUT2D eigenvalue weighted by atomic mass is 10.1. The number of amides is 1. The van der Waals surface area contributed by atoms with Crippen LogP contribution in [0, 0.1) is 6.92 Å². The summed E-state index contributed by atoms with van der Waals surface area (Å²) >= 11 is 0. The second-order valence-electron chi connectivity index (χ2n) is 6.36. The summed E-state index contributed by atoms with van der Waals surface area (Å²) in [5.74, 6) is 0.868. The van der Waals surface area contributed by atoms with E-state index in [1.165, 1.54) is 0 Å². The van der Waals surface area contributed by atoms with Crippen LogP contribution in [0.1, 0.15) is 32.0 Å². The molecule has 0 fully saturated rings. The van der Waals surface area contributed by atoms with Crippen molar-refractivity contribution >= 4 is 11.7 Å². The van der Waals surface area contributed by atoms with Crippen LogP contribution in [0.2, 0.25) is 0 Å². The van der Waals surface area contributed by atoms with E-state index in [1.807, 2.05) is 39.8 Å². The maximum Gasteiger partial charge on any atom is 0.263 e. The molecule has 1 heterocycles. The summed E-state index contributed by atoms with van der Waals surface area (Å²) in [4.78, 5) is 12.1. The molecule has 1 amide bonds. The highest BCUT2D eigenvalue weighted by Crippen LogP contribution is 2.21. The molecule has 0 aliphatic rings. The van der Waals surface area contributed by atoms with Crippen molar-refractivity contribution in [2.24, 2.45) is 0 Å². The minimum absolute atomic E-state index is 0.131. The van der Waals surface area contributed by atoms with E-state index in [4.69, 9.17) is 4.74 Å². The van der Waals surface area contributed by atoms with E-state index in [1.54, 1.807) is 22.9 Å². The molecule has 0 aliphatic carbocycles. The molecule has 0 saturated heterocycles. The smallest absolute Gasteiger partial charge is 0.263 e. The number of nitrogens with one attached hydrogen (secondary N) is 1. The third-order valence-corrected chi connectivity index (χ3v) is 3.24. The lowest BCUT2D eigenvalue weighted by Crippen LogP contribution is -2.28. The van der Waals surface area contributed by atoms with Gasteiger partial charge in [-0.15, -0.1) is 0 Å². The van der Waals surface area contributed by atoms with Gasteiger partial charge in [-0.2, -0.15) is 5.10 Å². The van der Waals surface area contributed by atoms with Crippen molar-refractivity contribution < 1.29 is 14.6 Å². The van der Waals surface area contributed by atoms with Gasteiger partial charge in [0.25, 0.3) is 5.91 Å². The highest BCUT2D eigenvalue weighted by atomic mass is 16.5. The van der Waals surface area contributed by atoms with Crippen molar-refractivity contribution in [1.82, 2.24) is 9.78 Å². The normalized spacial score (nSPS) is 11.3. The standard InChI is InChI=1S/C17H23N3O3/c1-12-9-15(20(19-12)17(2,3)4)18-16(22)11-23-14-8-6-5-7-13(14)10-21/h5-9,21H,10-11H2,1-4H3,(H,18,22). The second kappa shape index (κ2) is 6.83. The summed E-state index contributed by atoms with van der Waals surface area (Å²) in [5.41, 5.74) is 1.25. The molecule has 23 heavy (non-hydrogen) atoms. The molecule has 2 N–H and O–H groups in total. The first-order valence-electron chi connectivity index (χ1n) is 7.50. The zero-order valence-corrected chi connectivity index (χ0v) is 14.0. The quantitative estimate of drug-likeness (QED) is 0.888. The number of carbonyl (C=O) groups is 1. The lowest BCUT2D eigenvalue weighted by Gasteiger charge is -2.22. The monoisotopic (exact) mass is 317 g/mol. The summed E-state index contributed by atoms with van der Waals surface area (Å²) in [6.07, 6.45) is 0. The number of aliphatic hydroxyl groups excluding tert-OH is 1. The van der Waals surface area contributed by atoms with Gasteiger partial charge in [-0.1, -0.05) is 18.2 Å². The first-order valence-corrected chi connectivity index (χ1v) is 7.50. The SMILES string of the molecule is Cc1cc(NC(=O)COc2ccccc2CO)n(C(C)(C)C)n1. The van der Waals surface area contributed by atoms with Gasteiger partial charge in [-0.3, -0.25) is 4.79 Å². The Labute approximate surface area is 136 Å². The molecule has 1 aromatic carbocycles. The number of aryl methyl sites for hydroxylation is 1. The number of nitrogens with zero attached hydrogens (tertiary/aromatic N) is 2. The average Bonchev–Trinajstić information content (AvgIpc) is 2.86. The van der Waals surface area contributed by atoms with Crippen molar-refractivity contribution in [2.45, 2.75) is 39.8 Å². The largest absolute Gasteiger partial charge is 0.483 e. The predicted molar refractivity (Wildman–Crippen MR) is 88.4 cm³/mol. The Morgan fingerprint density at radius 3 is 2.70 bits per heavy atom. The summed E-state index contributed by atoms with van der Waals surface area (Å²) in [7, 11) is 0. The number of aromatic nitrogens is 2. The fourth-order valence-corrected chi connectivity index (χ4v) is 2.20. The number of hydrogen-bond acceptors (Lipinski definition) is 4. The molecular formula is C17H23N3O3. The van der Waals surface area contributed by atoms with E-state index >= 15 is 0 Å². The number of benzene rings is 1. The zero-order valence-electron chi connectivity index (χ0n) is 14.0. The summed E-state index contributed by atoms with van der Waals surface area (Å²) in [6.45, 7) is 7.67. The molecule has 0 unspecified atom stereocenters. The topological polar surface area (TPSA) is 76.4 Å². The van der Waals surface area contributed by atoms with Gasteiger partial charge in [-0.25, -0.2) is 4.68 Å². The van der Waals surface area contributed by atoms with Gasteiger partial charge in [0, 0.05) is 11.6 Å². The molecule has 124 valence electrons. The predicted octanol–water partition coefficient (Wildman–Crippen LogP) is 2.46. The van der Waals surface area contributed by atoms with Gasteiger partial charge >= 0.3 is 0 Å². The van der Waals surface area contributed by atoms with Gasteiger partial charge < -0.3 is 15.2 Å². The van der Waals surface area contributed by atoms with Crippen LogP contribution in [0.5, 0.6) is 5.75 Å². The van der Waals surface area contributed by atoms with Gasteiger partial charge in [0.05, 0.1) is 17.8 Å². The van der Waals surface area contributed by atoms with Gasteiger partial charge in [0.1, 0.15) is 11.6 Å². The van der Waals surface area contributed by atoms with Crippen LogP contribution in [0.15, 0.2) is 30.3 Å². The molecule has 6 nitrogen and oxygen atoms in total. The van der Waals surface area contributed by atoms with Crippen LogP contribution in [-0.2, 0) is 16.9 Å². The third kappa shape index (κ3) is 4.32. The Balaban J connectivity index is 2.03. The number of rotatable bonds is 5. The molecule has 0 radical (unpaired) electrons. The summed E-state index contributed by atoms with van der Waals surface area (Å²) < 4.78 is 7.27. The van der Waals surface area contributed by atoms with Gasteiger partial charge in [-0.05, 0) is 33.8 Å². The van der Waals surface area contributed by atoms with Crippen LogP contribution in [0.4, 0.5) is 5.82 Å². The highest BCUT2D eigenvalue weighted by molar-refractivity contribution is 5.91.